The zero-order chi connectivity index (χ0) is 28.2. The molecule has 0 unspecified atom stereocenters. The van der Waals surface area contributed by atoms with Crippen LogP contribution in [0.25, 0.3) is 0 Å². The summed E-state index contributed by atoms with van der Waals surface area (Å²) in [5.74, 6) is -0.809. The van der Waals surface area contributed by atoms with Crippen LogP contribution in [0.2, 0.25) is 0 Å². The van der Waals surface area contributed by atoms with Crippen molar-refractivity contribution in [1.29, 1.82) is 0 Å². The fourth-order valence-electron chi connectivity index (χ4n) is 4.24. The number of aromatic nitrogens is 4. The molecule has 1 aliphatic heterocycles. The maximum absolute atomic E-state index is 13.6. The van der Waals surface area contributed by atoms with Crippen LogP contribution >= 0.6 is 0 Å². The summed E-state index contributed by atoms with van der Waals surface area (Å²) in [5.41, 5.74) is 0.537. The molecule has 0 radical (unpaired) electrons. The second kappa shape index (κ2) is 11.9. The number of hydrogen-bond acceptors (Lipinski definition) is 9. The highest BCUT2D eigenvalue weighted by atomic mass is 32.2. The van der Waals surface area contributed by atoms with Crippen LogP contribution in [0.3, 0.4) is 0 Å². The lowest BCUT2D eigenvalue weighted by atomic mass is 9.99. The molecule has 14 heteroatoms. The minimum atomic E-state index is -3.78. The third-order valence-corrected chi connectivity index (χ3v) is 8.37. The van der Waals surface area contributed by atoms with Gasteiger partial charge in [0.2, 0.25) is 15.9 Å². The molecule has 0 bridgehead atoms. The van der Waals surface area contributed by atoms with E-state index in [4.69, 9.17) is 4.74 Å². The van der Waals surface area contributed by atoms with Gasteiger partial charge in [-0.15, -0.1) is 5.10 Å². The van der Waals surface area contributed by atoms with E-state index in [1.54, 1.807) is 37.3 Å². The number of carbonyl (C=O) groups excluding carboxylic acids is 2. The van der Waals surface area contributed by atoms with Gasteiger partial charge in [-0.3, -0.25) is 9.59 Å². The quantitative estimate of drug-likeness (QED) is 0.389. The smallest absolute Gasteiger partial charge is 0.258 e. The number of aliphatic hydroxyl groups is 1. The van der Waals surface area contributed by atoms with Crippen LogP contribution in [0.4, 0.5) is 5.69 Å². The first-order valence-corrected chi connectivity index (χ1v) is 13.8. The molecule has 0 saturated carbocycles. The number of aliphatic hydroxyl groups excluding tert-OH is 1. The zero-order valence-corrected chi connectivity index (χ0v) is 22.7. The van der Waals surface area contributed by atoms with Crippen LogP contribution < -0.4 is 10.1 Å². The van der Waals surface area contributed by atoms with Gasteiger partial charge in [-0.2, -0.15) is 4.31 Å². The van der Waals surface area contributed by atoms with Gasteiger partial charge >= 0.3 is 0 Å². The van der Waals surface area contributed by atoms with Crippen LogP contribution in [-0.4, -0.2) is 93.6 Å². The van der Waals surface area contributed by atoms with Crippen molar-refractivity contribution < 1.29 is 27.9 Å². The predicted molar refractivity (Wildman–Crippen MR) is 140 cm³/mol. The first kappa shape index (κ1) is 28.1. The molecule has 2 amide bonds. The number of hydrogen-bond donors (Lipinski definition) is 2. The second-order valence-corrected chi connectivity index (χ2v) is 11.5. The van der Waals surface area contributed by atoms with Crippen LogP contribution in [0, 0.1) is 5.92 Å². The van der Waals surface area contributed by atoms with E-state index >= 15 is 0 Å². The van der Waals surface area contributed by atoms with Gasteiger partial charge in [-0.25, -0.2) is 13.1 Å². The number of tetrazole rings is 1. The van der Waals surface area contributed by atoms with Gasteiger partial charge in [0.1, 0.15) is 24.7 Å². The molecule has 0 saturated heterocycles. The molecule has 0 fully saturated rings. The molecule has 2 aromatic carbocycles. The average molecular weight is 558 g/mol. The van der Waals surface area contributed by atoms with Gasteiger partial charge in [0, 0.05) is 25.2 Å². The summed E-state index contributed by atoms with van der Waals surface area (Å²) in [6, 6.07) is 12.3. The molecule has 4 rings (SSSR count). The Kier molecular flexibility index (Phi) is 8.57. The zero-order valence-electron chi connectivity index (χ0n) is 21.8. The van der Waals surface area contributed by atoms with Crippen LogP contribution in [0.5, 0.6) is 5.75 Å². The van der Waals surface area contributed by atoms with Crippen LogP contribution in [0.15, 0.2) is 59.8 Å². The number of nitrogens with zero attached hydrogens (tertiary/aromatic N) is 6. The maximum Gasteiger partial charge on any atom is 0.258 e. The summed E-state index contributed by atoms with van der Waals surface area (Å²) >= 11 is 0. The van der Waals surface area contributed by atoms with Crippen molar-refractivity contribution in [2.24, 2.45) is 5.92 Å². The van der Waals surface area contributed by atoms with Gasteiger partial charge in [-0.1, -0.05) is 25.1 Å². The number of anilines is 1. The fourth-order valence-corrected chi connectivity index (χ4v) is 5.45. The topological polar surface area (TPSA) is 160 Å². The van der Waals surface area contributed by atoms with Gasteiger partial charge in [0.05, 0.1) is 29.7 Å². The molecule has 3 atom stereocenters. The van der Waals surface area contributed by atoms with Crippen molar-refractivity contribution in [3.8, 4) is 5.75 Å². The average Bonchev–Trinajstić information content (AvgIpc) is 3.43. The van der Waals surface area contributed by atoms with Crippen molar-refractivity contribution in [2.45, 2.75) is 37.4 Å². The Morgan fingerprint density at radius 2 is 2.00 bits per heavy atom. The minimum Gasteiger partial charge on any atom is -0.488 e. The summed E-state index contributed by atoms with van der Waals surface area (Å²) in [6.07, 6.45) is 0.691. The number of ether oxygens (including phenoxy) is 1. The minimum absolute atomic E-state index is 0.0256. The number of sulfonamides is 1. The van der Waals surface area contributed by atoms with Gasteiger partial charge in [0.15, 0.2) is 0 Å². The van der Waals surface area contributed by atoms with E-state index in [2.05, 4.69) is 20.8 Å². The number of nitrogens with one attached hydrogen (secondary N) is 1. The summed E-state index contributed by atoms with van der Waals surface area (Å²) in [4.78, 5) is 27.7. The summed E-state index contributed by atoms with van der Waals surface area (Å²) < 4.78 is 35.1. The lowest BCUT2D eigenvalue weighted by Crippen LogP contribution is -2.50. The Balaban J connectivity index is 1.62. The first-order valence-electron chi connectivity index (χ1n) is 12.3. The highest BCUT2D eigenvalue weighted by Gasteiger charge is 2.35. The summed E-state index contributed by atoms with van der Waals surface area (Å²) in [6.45, 7) is 3.47. The monoisotopic (exact) mass is 557 g/mol. The molecule has 0 aliphatic carbocycles. The fraction of sp³-hybridized carbons (Fsp3) is 0.400. The third-order valence-electron chi connectivity index (χ3n) is 6.53. The Morgan fingerprint density at radius 1 is 1.26 bits per heavy atom. The standard InChI is InChI=1S/C25H31N7O6S/c1-17-12-32(18(2)15-33)25(35)21-11-19(27-24(34)14-31-16-26-28-29-31)9-10-22(21)38-23(17)13-30(3)39(36,37)20-7-5-4-6-8-20/h4-11,16-18,23,33H,12-15H2,1-3H3,(H,27,34)/t17-,18-,23+/m0/s1. The molecule has 2 N–H and O–H groups in total. The van der Waals surface area contributed by atoms with E-state index in [1.807, 2.05) is 6.92 Å². The molecular formula is C25H31N7O6S. The van der Waals surface area contributed by atoms with Crippen molar-refractivity contribution in [3.05, 3.63) is 60.4 Å². The Labute approximate surface area is 226 Å². The summed E-state index contributed by atoms with van der Waals surface area (Å²) in [5, 5.41) is 23.2. The van der Waals surface area contributed by atoms with Crippen molar-refractivity contribution in [3.63, 3.8) is 0 Å². The number of carbonyl (C=O) groups is 2. The van der Waals surface area contributed by atoms with E-state index in [0.717, 1.165) is 0 Å². The molecule has 39 heavy (non-hydrogen) atoms. The Bertz CT molecular complexity index is 1400. The number of amides is 2. The number of likely N-dealkylation sites (N-methyl/N-ethyl adjacent to an activating group) is 1. The molecule has 13 nitrogen and oxygen atoms in total. The predicted octanol–water partition coefficient (Wildman–Crippen LogP) is 0.853. The van der Waals surface area contributed by atoms with E-state index in [1.165, 1.54) is 45.5 Å². The molecular weight excluding hydrogens is 526 g/mol. The van der Waals surface area contributed by atoms with E-state index in [-0.39, 0.29) is 54.3 Å². The number of benzene rings is 2. The van der Waals surface area contributed by atoms with Crippen LogP contribution in [0.1, 0.15) is 24.2 Å². The normalized spacial score (nSPS) is 18.6. The molecule has 1 aliphatic rings. The number of rotatable bonds is 9. The Morgan fingerprint density at radius 3 is 2.67 bits per heavy atom. The highest BCUT2D eigenvalue weighted by Crippen LogP contribution is 2.31. The molecule has 0 spiro atoms. The SMILES string of the molecule is C[C@H]1CN([C@@H](C)CO)C(=O)c2cc(NC(=O)Cn3cnnn3)ccc2O[C@@H]1CN(C)S(=O)(=O)c1ccccc1. The molecule has 208 valence electrons. The summed E-state index contributed by atoms with van der Waals surface area (Å²) in [7, 11) is -2.29. The van der Waals surface area contributed by atoms with Crippen molar-refractivity contribution in [2.75, 3.05) is 32.1 Å². The highest BCUT2D eigenvalue weighted by molar-refractivity contribution is 7.89. The second-order valence-electron chi connectivity index (χ2n) is 9.49. The largest absolute Gasteiger partial charge is 0.488 e. The third kappa shape index (κ3) is 6.41. The molecule has 3 aromatic rings. The molecule has 2 heterocycles. The van der Waals surface area contributed by atoms with Gasteiger partial charge < -0.3 is 20.1 Å². The van der Waals surface area contributed by atoms with Gasteiger partial charge in [0.25, 0.3) is 5.91 Å². The molecule has 1 aromatic heterocycles. The van der Waals surface area contributed by atoms with Crippen molar-refractivity contribution in [1.82, 2.24) is 29.4 Å². The van der Waals surface area contributed by atoms with Gasteiger partial charge in [-0.05, 0) is 47.7 Å². The van der Waals surface area contributed by atoms with E-state index in [9.17, 15) is 23.1 Å². The van der Waals surface area contributed by atoms with Crippen LogP contribution in [-0.2, 0) is 21.4 Å². The Hall–Kier alpha value is -3.88. The van der Waals surface area contributed by atoms with Crippen molar-refractivity contribution >= 4 is 27.5 Å². The lowest BCUT2D eigenvalue weighted by molar-refractivity contribution is -0.116. The lowest BCUT2D eigenvalue weighted by Gasteiger charge is -2.38. The van der Waals surface area contributed by atoms with E-state index in [0.29, 0.717) is 5.69 Å². The number of fused-ring (bicyclic) bond motifs is 1. The first-order chi connectivity index (χ1) is 18.6. The van der Waals surface area contributed by atoms with E-state index < -0.39 is 28.1 Å². The maximum atomic E-state index is 13.6.